The summed E-state index contributed by atoms with van der Waals surface area (Å²) >= 11 is 8.65. The Labute approximate surface area is 95.4 Å². The number of hydrogen-bond acceptors (Lipinski definition) is 0. The van der Waals surface area contributed by atoms with E-state index in [-0.39, 0.29) is 0 Å². The average Bonchev–Trinajstić information content (AvgIpc) is 1.94. The molecule has 0 spiro atoms. The molecule has 0 aliphatic rings. The van der Waals surface area contributed by atoms with Crippen molar-refractivity contribution < 1.29 is 0 Å². The third-order valence-corrected chi connectivity index (χ3v) is 5.39. The quantitative estimate of drug-likeness (QED) is 0.265. The maximum absolute atomic E-state index is 6.20. The minimum absolute atomic E-state index is 1.28. The van der Waals surface area contributed by atoms with Gasteiger partial charge in [-0.05, 0) is 12.6 Å². The van der Waals surface area contributed by atoms with Gasteiger partial charge in [0.1, 0.15) is 0 Å². The number of rotatable bonds is 7. The van der Waals surface area contributed by atoms with Gasteiger partial charge in [-0.1, -0.05) is 67.2 Å². The standard InChI is InChI=1S/C9H20ClISi/c1-3-4-5-6-7-8-9-12(2,10)11/h3-9H2,1-2H3. The first kappa shape index (κ1) is 13.2. The van der Waals surface area contributed by atoms with E-state index in [1.165, 1.54) is 44.6 Å². The molecule has 74 valence electrons. The predicted octanol–water partition coefficient (Wildman–Crippen LogP) is 5.09. The van der Waals surface area contributed by atoms with Gasteiger partial charge in [-0.25, -0.2) is 0 Å². The van der Waals surface area contributed by atoms with Crippen LogP contribution in [-0.4, -0.2) is 4.88 Å². The zero-order chi connectivity index (χ0) is 9.45. The monoisotopic (exact) mass is 318 g/mol. The molecular formula is C9H20ClISi. The number of hydrogen-bond donors (Lipinski definition) is 0. The molecule has 0 bridgehead atoms. The van der Waals surface area contributed by atoms with Crippen LogP contribution in [0.25, 0.3) is 0 Å². The Morgan fingerprint density at radius 1 is 1.08 bits per heavy atom. The summed E-state index contributed by atoms with van der Waals surface area (Å²) in [6.07, 6.45) is 8.30. The Bertz CT molecular complexity index is 101. The van der Waals surface area contributed by atoms with Gasteiger partial charge in [0.15, 0.2) is 0 Å². The minimum Gasteiger partial charge on any atom is -0.153 e. The van der Waals surface area contributed by atoms with Crippen LogP contribution in [0.1, 0.15) is 45.4 Å². The fourth-order valence-electron chi connectivity index (χ4n) is 1.22. The lowest BCUT2D eigenvalue weighted by atomic mass is 10.1. The van der Waals surface area contributed by atoms with Crippen LogP contribution in [0.5, 0.6) is 0 Å². The second-order valence-corrected chi connectivity index (χ2v) is 17.8. The molecule has 0 saturated heterocycles. The van der Waals surface area contributed by atoms with Crippen molar-refractivity contribution in [2.45, 2.75) is 58.0 Å². The molecule has 0 radical (unpaired) electrons. The number of halogens is 2. The van der Waals surface area contributed by atoms with Gasteiger partial charge in [-0.2, -0.15) is 11.1 Å². The molecule has 1 atom stereocenters. The zero-order valence-electron chi connectivity index (χ0n) is 8.21. The lowest BCUT2D eigenvalue weighted by Gasteiger charge is -2.09. The lowest BCUT2D eigenvalue weighted by Crippen LogP contribution is -2.10. The Balaban J connectivity index is 3.01. The summed E-state index contributed by atoms with van der Waals surface area (Å²) in [5.74, 6) is 0. The lowest BCUT2D eigenvalue weighted by molar-refractivity contribution is 0.623. The second kappa shape index (κ2) is 7.62. The van der Waals surface area contributed by atoms with Crippen molar-refractivity contribution in [1.29, 1.82) is 0 Å². The summed E-state index contributed by atoms with van der Waals surface area (Å²) in [6.45, 7) is 4.48. The highest BCUT2D eigenvalue weighted by Gasteiger charge is 2.18. The van der Waals surface area contributed by atoms with E-state index >= 15 is 0 Å². The highest BCUT2D eigenvalue weighted by Crippen LogP contribution is 2.25. The highest BCUT2D eigenvalue weighted by atomic mass is 127. The molecule has 0 aliphatic carbocycles. The molecule has 3 heteroatoms. The second-order valence-electron chi connectivity index (χ2n) is 3.59. The summed E-state index contributed by atoms with van der Waals surface area (Å²) in [7, 11) is 0. The Morgan fingerprint density at radius 2 is 1.58 bits per heavy atom. The van der Waals surface area contributed by atoms with E-state index in [1.54, 1.807) is 0 Å². The van der Waals surface area contributed by atoms with Crippen LogP contribution < -0.4 is 0 Å². The molecule has 0 nitrogen and oxygen atoms in total. The van der Waals surface area contributed by atoms with Crippen LogP contribution in [0.4, 0.5) is 0 Å². The first-order chi connectivity index (χ1) is 5.56. The van der Waals surface area contributed by atoms with Gasteiger partial charge in [-0.3, -0.25) is 0 Å². The Morgan fingerprint density at radius 3 is 2.08 bits per heavy atom. The van der Waals surface area contributed by atoms with Crippen molar-refractivity contribution >= 4 is 37.8 Å². The minimum atomic E-state index is -1.28. The SMILES string of the molecule is CCCCCCCC[Si](C)(Cl)I. The third kappa shape index (κ3) is 11.2. The van der Waals surface area contributed by atoms with Crippen LogP contribution in [0.3, 0.4) is 0 Å². The van der Waals surface area contributed by atoms with Gasteiger partial charge < -0.3 is 0 Å². The Hall–Kier alpha value is 1.24. The van der Waals surface area contributed by atoms with E-state index in [0.29, 0.717) is 0 Å². The van der Waals surface area contributed by atoms with Crippen molar-refractivity contribution in [3.63, 3.8) is 0 Å². The van der Waals surface area contributed by atoms with Gasteiger partial charge >= 0.3 is 0 Å². The van der Waals surface area contributed by atoms with Crippen molar-refractivity contribution in [2.24, 2.45) is 0 Å². The van der Waals surface area contributed by atoms with E-state index < -0.39 is 4.88 Å². The maximum atomic E-state index is 6.20. The van der Waals surface area contributed by atoms with Crippen LogP contribution in [0.15, 0.2) is 0 Å². The molecule has 0 rings (SSSR count). The van der Waals surface area contributed by atoms with E-state index in [1.807, 2.05) is 0 Å². The molecule has 0 aromatic carbocycles. The zero-order valence-corrected chi connectivity index (χ0v) is 12.1. The Kier molecular flexibility index (Phi) is 8.41. The van der Waals surface area contributed by atoms with Gasteiger partial charge in [0.05, 0.1) is 0 Å². The normalized spacial score (nSPS) is 16.0. The molecule has 0 saturated carbocycles. The summed E-state index contributed by atoms with van der Waals surface area (Å²) in [6, 6.07) is 1.28. The van der Waals surface area contributed by atoms with Gasteiger partial charge in [0.25, 0.3) is 0 Å². The molecule has 0 amide bonds. The fraction of sp³-hybridized carbons (Fsp3) is 1.00. The molecule has 0 aromatic heterocycles. The topological polar surface area (TPSA) is 0 Å². The molecule has 0 fully saturated rings. The van der Waals surface area contributed by atoms with Crippen LogP contribution in [0.2, 0.25) is 12.6 Å². The molecule has 0 N–H and O–H groups in total. The van der Waals surface area contributed by atoms with Crippen LogP contribution in [-0.2, 0) is 0 Å². The first-order valence-corrected chi connectivity index (χ1v) is 11.8. The molecule has 12 heavy (non-hydrogen) atoms. The van der Waals surface area contributed by atoms with Crippen molar-refractivity contribution in [3.05, 3.63) is 0 Å². The fourth-order valence-corrected chi connectivity index (χ4v) is 3.63. The van der Waals surface area contributed by atoms with E-state index in [9.17, 15) is 0 Å². The molecule has 0 aromatic rings. The predicted molar refractivity (Wildman–Crippen MR) is 69.7 cm³/mol. The van der Waals surface area contributed by atoms with Crippen molar-refractivity contribution in [3.8, 4) is 0 Å². The molecule has 0 heterocycles. The van der Waals surface area contributed by atoms with Crippen molar-refractivity contribution in [1.82, 2.24) is 0 Å². The molecule has 1 unspecified atom stereocenters. The molecular weight excluding hydrogens is 299 g/mol. The largest absolute Gasteiger partial charge is 0.218 e. The van der Waals surface area contributed by atoms with Crippen molar-refractivity contribution in [2.75, 3.05) is 0 Å². The van der Waals surface area contributed by atoms with Gasteiger partial charge in [0.2, 0.25) is 4.88 Å². The van der Waals surface area contributed by atoms with Gasteiger partial charge in [-0.15, -0.1) is 0 Å². The number of unbranched alkanes of at least 4 members (excludes halogenated alkanes) is 5. The summed E-state index contributed by atoms with van der Waals surface area (Å²) in [4.78, 5) is -1.28. The smallest absolute Gasteiger partial charge is 0.153 e. The van der Waals surface area contributed by atoms with Crippen LogP contribution in [0, 0.1) is 0 Å². The first-order valence-electron chi connectivity index (χ1n) is 4.94. The summed E-state index contributed by atoms with van der Waals surface area (Å²) in [5.41, 5.74) is 0. The maximum Gasteiger partial charge on any atom is 0.218 e. The average molecular weight is 319 g/mol. The van der Waals surface area contributed by atoms with Crippen LogP contribution >= 0.6 is 32.9 Å². The summed E-state index contributed by atoms with van der Waals surface area (Å²) < 4.78 is 0. The summed E-state index contributed by atoms with van der Waals surface area (Å²) in [5, 5.41) is 0. The molecule has 0 aliphatic heterocycles. The van der Waals surface area contributed by atoms with E-state index in [0.717, 1.165) is 0 Å². The third-order valence-electron chi connectivity index (χ3n) is 1.97. The van der Waals surface area contributed by atoms with E-state index in [4.69, 9.17) is 11.1 Å². The van der Waals surface area contributed by atoms with E-state index in [2.05, 4.69) is 35.3 Å². The van der Waals surface area contributed by atoms with Gasteiger partial charge in [0, 0.05) is 0 Å². The highest BCUT2D eigenvalue weighted by molar-refractivity contribution is 14.1.